The van der Waals surface area contributed by atoms with Gasteiger partial charge in [-0.05, 0) is 25.0 Å². The number of amides is 2. The zero-order valence-corrected chi connectivity index (χ0v) is 12.0. The summed E-state index contributed by atoms with van der Waals surface area (Å²) in [6.45, 7) is 4.38. The van der Waals surface area contributed by atoms with Crippen LogP contribution in [0.2, 0.25) is 0 Å². The molecule has 2 amide bonds. The van der Waals surface area contributed by atoms with E-state index < -0.39 is 0 Å². The number of carbonyl (C=O) groups excluding carboxylic acids is 2. The summed E-state index contributed by atoms with van der Waals surface area (Å²) in [5, 5.41) is 2.80. The van der Waals surface area contributed by atoms with Crippen molar-refractivity contribution in [1.29, 1.82) is 0 Å². The van der Waals surface area contributed by atoms with Gasteiger partial charge in [0.1, 0.15) is 12.1 Å². The van der Waals surface area contributed by atoms with Crippen molar-refractivity contribution in [2.45, 2.75) is 45.2 Å². The van der Waals surface area contributed by atoms with E-state index in [-0.39, 0.29) is 23.9 Å². The summed E-state index contributed by atoms with van der Waals surface area (Å²) < 4.78 is 0. The Kier molecular flexibility index (Phi) is 4.71. The van der Waals surface area contributed by atoms with Crippen molar-refractivity contribution < 1.29 is 9.59 Å². The third kappa shape index (κ3) is 2.98. The summed E-state index contributed by atoms with van der Waals surface area (Å²) in [6.07, 6.45) is 3.68. The first-order valence-corrected chi connectivity index (χ1v) is 7.18. The first-order chi connectivity index (χ1) is 9.67. The van der Waals surface area contributed by atoms with Crippen LogP contribution in [0.5, 0.6) is 0 Å². The molecule has 1 aromatic rings. The molecule has 2 unspecified atom stereocenters. The SMILES string of the molecule is CCC1NC(=O)C(CC)N(CCc2ccccn2)C1=O. The molecule has 0 aliphatic carbocycles. The van der Waals surface area contributed by atoms with E-state index >= 15 is 0 Å². The molecule has 0 saturated carbocycles. The van der Waals surface area contributed by atoms with Gasteiger partial charge in [-0.2, -0.15) is 0 Å². The molecule has 2 rings (SSSR count). The number of carbonyl (C=O) groups is 2. The van der Waals surface area contributed by atoms with Gasteiger partial charge in [-0.3, -0.25) is 14.6 Å². The van der Waals surface area contributed by atoms with Gasteiger partial charge in [0.25, 0.3) is 0 Å². The average Bonchev–Trinajstić information content (AvgIpc) is 2.48. The largest absolute Gasteiger partial charge is 0.343 e. The summed E-state index contributed by atoms with van der Waals surface area (Å²) in [5.41, 5.74) is 0.939. The van der Waals surface area contributed by atoms with Crippen molar-refractivity contribution in [2.24, 2.45) is 0 Å². The minimum Gasteiger partial charge on any atom is -0.343 e. The standard InChI is InChI=1S/C15H21N3O2/c1-3-12-15(20)18(13(4-2)14(19)17-12)10-8-11-7-5-6-9-16-11/h5-7,9,12-13H,3-4,8,10H2,1-2H3,(H,17,19). The molecule has 1 aromatic heterocycles. The van der Waals surface area contributed by atoms with Crippen molar-refractivity contribution in [1.82, 2.24) is 15.2 Å². The molecule has 0 spiro atoms. The zero-order valence-electron chi connectivity index (χ0n) is 12.0. The lowest BCUT2D eigenvalue weighted by atomic mass is 10.0. The van der Waals surface area contributed by atoms with Crippen LogP contribution in [0.25, 0.3) is 0 Å². The van der Waals surface area contributed by atoms with E-state index in [1.807, 2.05) is 32.0 Å². The molecule has 0 aromatic carbocycles. The topological polar surface area (TPSA) is 62.3 Å². The summed E-state index contributed by atoms with van der Waals surface area (Å²) in [7, 11) is 0. The van der Waals surface area contributed by atoms with Crippen LogP contribution >= 0.6 is 0 Å². The molecule has 5 heteroatoms. The molecule has 108 valence electrons. The van der Waals surface area contributed by atoms with Crippen LogP contribution in [0.15, 0.2) is 24.4 Å². The van der Waals surface area contributed by atoms with Crippen LogP contribution in [0.1, 0.15) is 32.4 Å². The van der Waals surface area contributed by atoms with Gasteiger partial charge in [-0.25, -0.2) is 0 Å². The van der Waals surface area contributed by atoms with E-state index in [1.165, 1.54) is 0 Å². The Morgan fingerprint density at radius 2 is 2.05 bits per heavy atom. The second-order valence-electron chi connectivity index (χ2n) is 5.00. The van der Waals surface area contributed by atoms with Crippen LogP contribution in [-0.4, -0.2) is 40.3 Å². The molecule has 0 bridgehead atoms. The first kappa shape index (κ1) is 14.5. The molecule has 1 N–H and O–H groups in total. The Morgan fingerprint density at radius 1 is 1.25 bits per heavy atom. The molecular formula is C15H21N3O2. The maximum absolute atomic E-state index is 12.4. The minimum absolute atomic E-state index is 0.0230. The predicted molar refractivity (Wildman–Crippen MR) is 76.0 cm³/mol. The second-order valence-corrected chi connectivity index (χ2v) is 5.00. The van der Waals surface area contributed by atoms with Crippen molar-refractivity contribution >= 4 is 11.8 Å². The zero-order chi connectivity index (χ0) is 14.5. The number of hydrogen-bond acceptors (Lipinski definition) is 3. The van der Waals surface area contributed by atoms with E-state index in [1.54, 1.807) is 11.1 Å². The minimum atomic E-state index is -0.381. The second kappa shape index (κ2) is 6.50. The van der Waals surface area contributed by atoms with E-state index in [0.717, 1.165) is 5.69 Å². The van der Waals surface area contributed by atoms with E-state index in [4.69, 9.17) is 0 Å². The molecule has 1 fully saturated rings. The number of nitrogens with zero attached hydrogens (tertiary/aromatic N) is 2. The number of aromatic nitrogens is 1. The molecular weight excluding hydrogens is 254 g/mol. The molecule has 1 aliphatic rings. The summed E-state index contributed by atoms with van der Waals surface area (Å²) in [6, 6.07) is 5.00. The van der Waals surface area contributed by atoms with E-state index in [9.17, 15) is 9.59 Å². The van der Waals surface area contributed by atoms with Crippen LogP contribution in [0.3, 0.4) is 0 Å². The Hall–Kier alpha value is -1.91. The van der Waals surface area contributed by atoms with Crippen LogP contribution < -0.4 is 5.32 Å². The highest BCUT2D eigenvalue weighted by Gasteiger charge is 2.38. The van der Waals surface area contributed by atoms with Crippen molar-refractivity contribution in [3.05, 3.63) is 30.1 Å². The monoisotopic (exact) mass is 275 g/mol. The number of rotatable bonds is 5. The predicted octanol–water partition coefficient (Wildman–Crippen LogP) is 1.14. The van der Waals surface area contributed by atoms with Gasteiger partial charge in [0.15, 0.2) is 0 Å². The van der Waals surface area contributed by atoms with Gasteiger partial charge in [0.2, 0.25) is 11.8 Å². The summed E-state index contributed by atoms with van der Waals surface area (Å²) in [5.74, 6) is -0.0187. The fourth-order valence-electron chi connectivity index (χ4n) is 2.55. The number of hydrogen-bond donors (Lipinski definition) is 1. The van der Waals surface area contributed by atoms with Crippen molar-refractivity contribution in [2.75, 3.05) is 6.54 Å². The maximum Gasteiger partial charge on any atom is 0.245 e. The van der Waals surface area contributed by atoms with Crippen molar-refractivity contribution in [3.63, 3.8) is 0 Å². The Morgan fingerprint density at radius 3 is 2.65 bits per heavy atom. The molecule has 1 saturated heterocycles. The highest BCUT2D eigenvalue weighted by atomic mass is 16.2. The van der Waals surface area contributed by atoms with E-state index in [0.29, 0.717) is 25.8 Å². The van der Waals surface area contributed by atoms with Crippen LogP contribution in [0.4, 0.5) is 0 Å². The van der Waals surface area contributed by atoms with Gasteiger partial charge in [-0.15, -0.1) is 0 Å². The fraction of sp³-hybridized carbons (Fsp3) is 0.533. The molecule has 1 aliphatic heterocycles. The first-order valence-electron chi connectivity index (χ1n) is 7.18. The maximum atomic E-state index is 12.4. The van der Waals surface area contributed by atoms with Gasteiger partial charge < -0.3 is 10.2 Å². The van der Waals surface area contributed by atoms with Gasteiger partial charge in [-0.1, -0.05) is 19.9 Å². The normalized spacial score (nSPS) is 22.8. The van der Waals surface area contributed by atoms with E-state index in [2.05, 4.69) is 10.3 Å². The smallest absolute Gasteiger partial charge is 0.245 e. The number of nitrogens with one attached hydrogen (secondary N) is 1. The molecule has 0 radical (unpaired) electrons. The number of pyridine rings is 1. The summed E-state index contributed by atoms with van der Waals surface area (Å²) in [4.78, 5) is 30.4. The van der Waals surface area contributed by atoms with Crippen LogP contribution in [0, 0.1) is 0 Å². The van der Waals surface area contributed by atoms with Crippen LogP contribution in [-0.2, 0) is 16.0 Å². The van der Waals surface area contributed by atoms with Gasteiger partial charge >= 0.3 is 0 Å². The van der Waals surface area contributed by atoms with Crippen molar-refractivity contribution in [3.8, 4) is 0 Å². The lowest BCUT2D eigenvalue weighted by molar-refractivity contribution is -0.149. The Labute approximate surface area is 119 Å². The lowest BCUT2D eigenvalue weighted by Crippen LogP contribution is -2.63. The average molecular weight is 275 g/mol. The molecule has 5 nitrogen and oxygen atoms in total. The summed E-state index contributed by atoms with van der Waals surface area (Å²) >= 11 is 0. The fourth-order valence-corrected chi connectivity index (χ4v) is 2.55. The third-order valence-corrected chi connectivity index (χ3v) is 3.71. The highest BCUT2D eigenvalue weighted by Crippen LogP contribution is 2.15. The quantitative estimate of drug-likeness (QED) is 0.876. The molecule has 2 atom stereocenters. The third-order valence-electron chi connectivity index (χ3n) is 3.71. The number of piperazine rings is 1. The van der Waals surface area contributed by atoms with Gasteiger partial charge in [0.05, 0.1) is 0 Å². The molecule has 20 heavy (non-hydrogen) atoms. The van der Waals surface area contributed by atoms with Gasteiger partial charge in [0, 0.05) is 24.9 Å². The Balaban J connectivity index is 2.08. The lowest BCUT2D eigenvalue weighted by Gasteiger charge is -2.38. The Bertz CT molecular complexity index is 475. The molecule has 2 heterocycles. The highest BCUT2D eigenvalue weighted by molar-refractivity contribution is 5.96.